The molecule has 5 nitrogen and oxygen atoms in total. The summed E-state index contributed by atoms with van der Waals surface area (Å²) in [6.45, 7) is 2.60. The minimum Gasteiger partial charge on any atom is -0.383 e. The molecule has 0 aromatic carbocycles. The number of nitrogen functional groups attached to an aromatic ring is 1. The van der Waals surface area contributed by atoms with Crippen LogP contribution in [0, 0.1) is 6.92 Å². The Morgan fingerprint density at radius 1 is 1.47 bits per heavy atom. The van der Waals surface area contributed by atoms with Crippen LogP contribution in [-0.4, -0.2) is 15.0 Å². The Hall–Kier alpha value is -1.69. The maximum absolute atomic E-state index is 5.67. The lowest BCUT2D eigenvalue weighted by atomic mass is 10.3. The van der Waals surface area contributed by atoms with E-state index in [2.05, 4.69) is 20.3 Å². The Morgan fingerprint density at radius 3 is 3.07 bits per heavy atom. The monoisotopic (exact) mass is 221 g/mol. The van der Waals surface area contributed by atoms with E-state index in [0.717, 1.165) is 16.3 Å². The van der Waals surface area contributed by atoms with Crippen molar-refractivity contribution in [3.05, 3.63) is 28.5 Å². The minimum absolute atomic E-state index is 0.511. The van der Waals surface area contributed by atoms with Crippen LogP contribution < -0.4 is 11.1 Å². The molecule has 0 saturated heterocycles. The van der Waals surface area contributed by atoms with Crippen molar-refractivity contribution in [3.63, 3.8) is 0 Å². The van der Waals surface area contributed by atoms with Gasteiger partial charge >= 0.3 is 0 Å². The summed E-state index contributed by atoms with van der Waals surface area (Å²) < 4.78 is 0. The molecule has 15 heavy (non-hydrogen) atoms. The van der Waals surface area contributed by atoms with E-state index in [4.69, 9.17) is 5.73 Å². The van der Waals surface area contributed by atoms with Gasteiger partial charge in [0, 0.05) is 16.6 Å². The highest BCUT2D eigenvalue weighted by molar-refractivity contribution is 7.09. The average molecular weight is 221 g/mol. The number of nitrogens with two attached hydrogens (primary N) is 1. The van der Waals surface area contributed by atoms with Gasteiger partial charge in [-0.2, -0.15) is 0 Å². The smallest absolute Gasteiger partial charge is 0.134 e. The van der Waals surface area contributed by atoms with Crippen molar-refractivity contribution in [2.75, 3.05) is 11.1 Å². The first-order valence-electron chi connectivity index (χ1n) is 4.45. The summed E-state index contributed by atoms with van der Waals surface area (Å²) in [6.07, 6.45) is 3.29. The molecule has 0 amide bonds. The number of nitrogens with zero attached hydrogens (tertiary/aromatic N) is 3. The molecule has 0 unspecified atom stereocenters. The molecule has 6 heteroatoms. The fraction of sp³-hybridized carbons (Fsp3) is 0.222. The van der Waals surface area contributed by atoms with E-state index >= 15 is 0 Å². The zero-order valence-electron chi connectivity index (χ0n) is 8.27. The van der Waals surface area contributed by atoms with Crippen LogP contribution in [0.1, 0.15) is 10.4 Å². The van der Waals surface area contributed by atoms with Gasteiger partial charge in [0.25, 0.3) is 0 Å². The molecule has 0 spiro atoms. The average Bonchev–Trinajstić information content (AvgIpc) is 2.73. The molecule has 0 aliphatic heterocycles. The summed E-state index contributed by atoms with van der Waals surface area (Å²) in [5.74, 6) is 1.28. The molecule has 0 atom stereocenters. The van der Waals surface area contributed by atoms with Crippen LogP contribution in [0.25, 0.3) is 0 Å². The molecule has 2 aromatic heterocycles. The van der Waals surface area contributed by atoms with E-state index < -0.39 is 0 Å². The predicted octanol–water partition coefficient (Wildman–Crippen LogP) is 1.44. The number of aromatic nitrogens is 3. The van der Waals surface area contributed by atoms with Crippen molar-refractivity contribution >= 4 is 23.0 Å². The second kappa shape index (κ2) is 4.22. The Kier molecular flexibility index (Phi) is 2.77. The lowest BCUT2D eigenvalue weighted by molar-refractivity contribution is 1.07. The van der Waals surface area contributed by atoms with Crippen LogP contribution in [0.3, 0.4) is 0 Å². The highest BCUT2D eigenvalue weighted by Crippen LogP contribution is 2.16. The number of nitrogens with one attached hydrogen (secondary N) is 1. The van der Waals surface area contributed by atoms with Gasteiger partial charge in [-0.3, -0.25) is 4.98 Å². The Labute approximate surface area is 91.4 Å². The highest BCUT2D eigenvalue weighted by atomic mass is 32.1. The minimum atomic E-state index is 0.511. The second-order valence-corrected chi connectivity index (χ2v) is 4.02. The number of thiazole rings is 1. The fourth-order valence-electron chi connectivity index (χ4n) is 1.14. The van der Waals surface area contributed by atoms with Gasteiger partial charge in [0.15, 0.2) is 0 Å². The Morgan fingerprint density at radius 2 is 2.33 bits per heavy atom. The van der Waals surface area contributed by atoms with Gasteiger partial charge < -0.3 is 11.1 Å². The molecule has 0 bridgehead atoms. The predicted molar refractivity (Wildman–Crippen MR) is 60.6 cm³/mol. The van der Waals surface area contributed by atoms with Crippen LogP contribution in [0.5, 0.6) is 0 Å². The first kappa shape index (κ1) is 9.85. The van der Waals surface area contributed by atoms with Crippen LogP contribution in [-0.2, 0) is 6.54 Å². The zero-order chi connectivity index (χ0) is 10.7. The molecule has 2 heterocycles. The third-order valence-electron chi connectivity index (χ3n) is 2.04. The van der Waals surface area contributed by atoms with Crippen LogP contribution in [0.4, 0.5) is 11.6 Å². The summed E-state index contributed by atoms with van der Waals surface area (Å²) >= 11 is 1.60. The van der Waals surface area contributed by atoms with Crippen LogP contribution in [0.2, 0.25) is 0 Å². The lowest BCUT2D eigenvalue weighted by Gasteiger charge is -2.07. The van der Waals surface area contributed by atoms with Gasteiger partial charge in [-0.05, 0) is 6.92 Å². The fourth-order valence-corrected chi connectivity index (χ4v) is 1.68. The molecular formula is C9H11N5S. The molecule has 78 valence electrons. The van der Waals surface area contributed by atoms with Crippen molar-refractivity contribution in [2.45, 2.75) is 13.5 Å². The molecule has 3 N–H and O–H groups in total. The number of hydrogen-bond acceptors (Lipinski definition) is 6. The summed E-state index contributed by atoms with van der Waals surface area (Å²) in [7, 11) is 0. The van der Waals surface area contributed by atoms with Crippen molar-refractivity contribution < 1.29 is 0 Å². The first-order chi connectivity index (χ1) is 7.27. The maximum atomic E-state index is 5.67. The van der Waals surface area contributed by atoms with E-state index in [1.54, 1.807) is 16.8 Å². The van der Waals surface area contributed by atoms with E-state index in [1.165, 1.54) is 6.33 Å². The number of hydrogen-bond donors (Lipinski definition) is 2. The maximum Gasteiger partial charge on any atom is 0.134 e. The SMILES string of the molecule is Cc1c(N)ncnc1NCc1cncs1. The summed E-state index contributed by atoms with van der Waals surface area (Å²) in [5.41, 5.74) is 8.35. The van der Waals surface area contributed by atoms with Gasteiger partial charge in [0.05, 0.1) is 12.1 Å². The second-order valence-electron chi connectivity index (χ2n) is 3.05. The number of rotatable bonds is 3. The van der Waals surface area contributed by atoms with E-state index in [-0.39, 0.29) is 0 Å². The molecule has 0 aliphatic rings. The van der Waals surface area contributed by atoms with E-state index in [0.29, 0.717) is 12.4 Å². The summed E-state index contributed by atoms with van der Waals surface area (Å²) in [5, 5.41) is 3.20. The van der Waals surface area contributed by atoms with Crippen LogP contribution in [0.15, 0.2) is 18.0 Å². The first-order valence-corrected chi connectivity index (χ1v) is 5.33. The Balaban J connectivity index is 2.08. The zero-order valence-corrected chi connectivity index (χ0v) is 9.08. The third kappa shape index (κ3) is 2.21. The Bertz CT molecular complexity index is 440. The highest BCUT2D eigenvalue weighted by Gasteiger charge is 2.03. The molecule has 0 saturated carbocycles. The lowest BCUT2D eigenvalue weighted by Crippen LogP contribution is -2.05. The van der Waals surface area contributed by atoms with Crippen molar-refractivity contribution in [1.29, 1.82) is 0 Å². The van der Waals surface area contributed by atoms with Crippen LogP contribution >= 0.6 is 11.3 Å². The van der Waals surface area contributed by atoms with E-state index in [1.807, 2.05) is 13.1 Å². The molecular weight excluding hydrogens is 210 g/mol. The van der Waals surface area contributed by atoms with Crippen molar-refractivity contribution in [3.8, 4) is 0 Å². The number of anilines is 2. The largest absolute Gasteiger partial charge is 0.383 e. The van der Waals surface area contributed by atoms with E-state index in [9.17, 15) is 0 Å². The molecule has 0 fully saturated rings. The van der Waals surface area contributed by atoms with Gasteiger partial charge in [-0.25, -0.2) is 9.97 Å². The third-order valence-corrected chi connectivity index (χ3v) is 2.82. The van der Waals surface area contributed by atoms with Gasteiger partial charge in [0.1, 0.15) is 18.0 Å². The molecule has 0 radical (unpaired) electrons. The standard InChI is InChI=1S/C9H11N5S/c1-6-8(10)13-4-14-9(6)12-3-7-2-11-5-15-7/h2,4-5H,3H2,1H3,(H3,10,12,13,14). The quantitative estimate of drug-likeness (QED) is 0.820. The summed E-state index contributed by atoms with van der Waals surface area (Å²) in [6, 6.07) is 0. The van der Waals surface area contributed by atoms with Gasteiger partial charge in [-0.1, -0.05) is 0 Å². The van der Waals surface area contributed by atoms with Gasteiger partial charge in [0.2, 0.25) is 0 Å². The van der Waals surface area contributed by atoms with Crippen molar-refractivity contribution in [1.82, 2.24) is 15.0 Å². The van der Waals surface area contributed by atoms with Crippen molar-refractivity contribution in [2.24, 2.45) is 0 Å². The molecule has 0 aliphatic carbocycles. The molecule has 2 rings (SSSR count). The molecule has 2 aromatic rings. The normalized spacial score (nSPS) is 10.2. The topological polar surface area (TPSA) is 76.7 Å². The van der Waals surface area contributed by atoms with Gasteiger partial charge in [-0.15, -0.1) is 11.3 Å². The summed E-state index contributed by atoms with van der Waals surface area (Å²) in [4.78, 5) is 13.2.